The highest BCUT2D eigenvalue weighted by Crippen LogP contribution is 2.33. The smallest absolute Gasteiger partial charge is 0.228 e. The number of amides is 1. The van der Waals surface area contributed by atoms with E-state index in [4.69, 9.17) is 0 Å². The Kier molecular flexibility index (Phi) is 4.61. The van der Waals surface area contributed by atoms with Crippen LogP contribution in [0.5, 0.6) is 5.88 Å². The van der Waals surface area contributed by atoms with E-state index in [0.717, 1.165) is 31.2 Å². The van der Waals surface area contributed by atoms with Crippen LogP contribution >= 0.6 is 11.3 Å². The molecule has 2 aliphatic heterocycles. The number of anilines is 1. The first kappa shape index (κ1) is 16.4. The van der Waals surface area contributed by atoms with Crippen LogP contribution in [0.1, 0.15) is 35.3 Å². The number of carbonyl (C=O) groups is 1. The summed E-state index contributed by atoms with van der Waals surface area (Å²) in [4.78, 5) is 21.8. The maximum Gasteiger partial charge on any atom is 0.228 e. The summed E-state index contributed by atoms with van der Waals surface area (Å²) >= 11 is 1.46. The Balaban J connectivity index is 1.44. The van der Waals surface area contributed by atoms with E-state index in [1.165, 1.54) is 41.7 Å². The Hall–Kier alpha value is -2.08. The van der Waals surface area contributed by atoms with Crippen LogP contribution in [-0.2, 0) is 24.2 Å². The Morgan fingerprint density at radius 2 is 1.88 bits per heavy atom. The molecule has 0 spiro atoms. The highest BCUT2D eigenvalue weighted by molar-refractivity contribution is 7.16. The van der Waals surface area contributed by atoms with Crippen LogP contribution < -0.4 is 4.90 Å². The molecule has 25 heavy (non-hydrogen) atoms. The molecule has 1 amide bonds. The van der Waals surface area contributed by atoms with Gasteiger partial charge >= 0.3 is 0 Å². The fraction of sp³-hybridized carbons (Fsp3) is 0.474. The predicted molar refractivity (Wildman–Crippen MR) is 99.1 cm³/mol. The van der Waals surface area contributed by atoms with E-state index in [-0.39, 0.29) is 18.2 Å². The van der Waals surface area contributed by atoms with E-state index < -0.39 is 0 Å². The van der Waals surface area contributed by atoms with Crippen LogP contribution in [0.2, 0.25) is 0 Å². The van der Waals surface area contributed by atoms with E-state index in [1.54, 1.807) is 0 Å². The summed E-state index contributed by atoms with van der Waals surface area (Å²) in [6.07, 6.45) is 4.73. The summed E-state index contributed by atoms with van der Waals surface area (Å²) in [6.45, 7) is 3.38. The van der Waals surface area contributed by atoms with Crippen molar-refractivity contribution in [1.29, 1.82) is 0 Å². The summed E-state index contributed by atoms with van der Waals surface area (Å²) in [5.41, 5.74) is 2.56. The first-order valence-electron chi connectivity index (χ1n) is 8.99. The topological polar surface area (TPSA) is 56.7 Å². The molecule has 1 fully saturated rings. The Labute approximate surface area is 151 Å². The standard InChI is InChI=1S/C19H23N3O2S/c23-17(22-11-8-14-6-2-3-7-15(14)13-22)12-16-18(24)20-19(25-16)21-9-4-1-5-10-21/h2-3,6-7,24H,1,4-5,8-13H2. The van der Waals surface area contributed by atoms with E-state index in [2.05, 4.69) is 22.0 Å². The normalized spacial score (nSPS) is 17.4. The Bertz CT molecular complexity index is 768. The zero-order chi connectivity index (χ0) is 17.2. The second-order valence-electron chi connectivity index (χ2n) is 6.80. The predicted octanol–water partition coefficient (Wildman–Crippen LogP) is 2.97. The highest BCUT2D eigenvalue weighted by Gasteiger charge is 2.24. The molecule has 2 aromatic rings. The van der Waals surface area contributed by atoms with Crippen LogP contribution in [0, 0.1) is 0 Å². The number of aromatic hydroxyl groups is 1. The number of carbonyl (C=O) groups excluding carboxylic acids is 1. The van der Waals surface area contributed by atoms with Gasteiger partial charge in [-0.05, 0) is 36.8 Å². The van der Waals surface area contributed by atoms with Crippen LogP contribution in [-0.4, -0.2) is 40.5 Å². The largest absolute Gasteiger partial charge is 0.492 e. The number of piperidine rings is 1. The fourth-order valence-corrected chi connectivity index (χ4v) is 4.62. The van der Waals surface area contributed by atoms with E-state index in [0.29, 0.717) is 11.4 Å². The van der Waals surface area contributed by atoms with Crippen molar-refractivity contribution < 1.29 is 9.90 Å². The average molecular weight is 357 g/mol. The van der Waals surface area contributed by atoms with Crippen molar-refractivity contribution in [3.05, 3.63) is 40.3 Å². The van der Waals surface area contributed by atoms with Gasteiger partial charge in [-0.1, -0.05) is 35.6 Å². The molecule has 132 valence electrons. The van der Waals surface area contributed by atoms with Crippen LogP contribution in [0.25, 0.3) is 0 Å². The maximum absolute atomic E-state index is 12.7. The summed E-state index contributed by atoms with van der Waals surface area (Å²) in [5.74, 6) is 0.0926. The van der Waals surface area contributed by atoms with E-state index in [1.807, 2.05) is 17.0 Å². The number of rotatable bonds is 3. The summed E-state index contributed by atoms with van der Waals surface area (Å²) in [7, 11) is 0. The SMILES string of the molecule is O=C(Cc1sc(N2CCCCC2)nc1O)N1CCc2ccccc2C1. The van der Waals surface area contributed by atoms with Gasteiger partial charge in [0.1, 0.15) is 0 Å². The lowest BCUT2D eigenvalue weighted by atomic mass is 10.00. The molecule has 0 bridgehead atoms. The Morgan fingerprint density at radius 3 is 2.68 bits per heavy atom. The van der Waals surface area contributed by atoms with Gasteiger partial charge in [0, 0.05) is 26.2 Å². The molecule has 4 rings (SSSR count). The number of hydrogen-bond donors (Lipinski definition) is 1. The second-order valence-corrected chi connectivity index (χ2v) is 7.86. The minimum Gasteiger partial charge on any atom is -0.492 e. The van der Waals surface area contributed by atoms with Gasteiger partial charge in [0.25, 0.3) is 0 Å². The molecule has 3 heterocycles. The average Bonchev–Trinajstić information content (AvgIpc) is 3.02. The molecule has 1 aromatic heterocycles. The number of thiazole rings is 1. The Morgan fingerprint density at radius 1 is 1.12 bits per heavy atom. The lowest BCUT2D eigenvalue weighted by molar-refractivity contribution is -0.131. The molecule has 6 heteroatoms. The van der Waals surface area contributed by atoms with Gasteiger partial charge in [-0.3, -0.25) is 4.79 Å². The van der Waals surface area contributed by atoms with E-state index in [9.17, 15) is 9.90 Å². The van der Waals surface area contributed by atoms with Crippen LogP contribution in [0.15, 0.2) is 24.3 Å². The minimum atomic E-state index is 0.0244. The second kappa shape index (κ2) is 7.04. The fourth-order valence-electron chi connectivity index (χ4n) is 3.62. The van der Waals surface area contributed by atoms with Crippen molar-refractivity contribution in [2.24, 2.45) is 0 Å². The third-order valence-electron chi connectivity index (χ3n) is 5.09. The maximum atomic E-state index is 12.7. The lowest BCUT2D eigenvalue weighted by Crippen LogP contribution is -2.36. The van der Waals surface area contributed by atoms with Crippen molar-refractivity contribution in [2.75, 3.05) is 24.5 Å². The van der Waals surface area contributed by atoms with Gasteiger partial charge in [-0.25, -0.2) is 0 Å². The van der Waals surface area contributed by atoms with Crippen LogP contribution in [0.4, 0.5) is 5.13 Å². The third kappa shape index (κ3) is 3.49. The van der Waals surface area contributed by atoms with Crippen molar-refractivity contribution in [1.82, 2.24) is 9.88 Å². The van der Waals surface area contributed by atoms with Crippen molar-refractivity contribution in [2.45, 2.75) is 38.6 Å². The van der Waals surface area contributed by atoms with E-state index >= 15 is 0 Å². The summed E-state index contributed by atoms with van der Waals surface area (Å²) in [6, 6.07) is 8.30. The highest BCUT2D eigenvalue weighted by atomic mass is 32.1. The first-order chi connectivity index (χ1) is 12.2. The zero-order valence-corrected chi connectivity index (χ0v) is 15.1. The van der Waals surface area contributed by atoms with Gasteiger partial charge in [0.2, 0.25) is 11.8 Å². The molecule has 0 atom stereocenters. The summed E-state index contributed by atoms with van der Waals surface area (Å²) < 4.78 is 0. The lowest BCUT2D eigenvalue weighted by Gasteiger charge is -2.28. The number of aromatic nitrogens is 1. The van der Waals surface area contributed by atoms with Crippen LogP contribution in [0.3, 0.4) is 0 Å². The number of benzene rings is 1. The van der Waals surface area contributed by atoms with Crippen molar-refractivity contribution in [3.8, 4) is 5.88 Å². The van der Waals surface area contributed by atoms with Crippen molar-refractivity contribution in [3.63, 3.8) is 0 Å². The van der Waals surface area contributed by atoms with Gasteiger partial charge in [-0.15, -0.1) is 0 Å². The van der Waals surface area contributed by atoms with Gasteiger partial charge in [-0.2, -0.15) is 4.98 Å². The molecule has 0 aliphatic carbocycles. The number of hydrogen-bond acceptors (Lipinski definition) is 5. The monoisotopic (exact) mass is 357 g/mol. The molecule has 0 radical (unpaired) electrons. The zero-order valence-electron chi connectivity index (χ0n) is 14.3. The number of fused-ring (bicyclic) bond motifs is 1. The quantitative estimate of drug-likeness (QED) is 0.918. The van der Waals surface area contributed by atoms with Crippen molar-refractivity contribution >= 4 is 22.4 Å². The molecule has 1 aromatic carbocycles. The molecule has 0 unspecified atom stereocenters. The molecule has 5 nitrogen and oxygen atoms in total. The molecule has 1 N–H and O–H groups in total. The first-order valence-corrected chi connectivity index (χ1v) is 9.80. The van der Waals surface area contributed by atoms with Gasteiger partial charge < -0.3 is 14.9 Å². The molecule has 0 saturated carbocycles. The third-order valence-corrected chi connectivity index (χ3v) is 6.19. The molecular formula is C19H23N3O2S. The van der Waals surface area contributed by atoms with Gasteiger partial charge in [0.05, 0.1) is 11.3 Å². The minimum absolute atomic E-state index is 0.0244. The molecule has 2 aliphatic rings. The molecular weight excluding hydrogens is 334 g/mol. The number of nitrogens with zero attached hydrogens (tertiary/aromatic N) is 3. The molecule has 1 saturated heterocycles. The van der Waals surface area contributed by atoms with Gasteiger partial charge in [0.15, 0.2) is 5.13 Å². The summed E-state index contributed by atoms with van der Waals surface area (Å²) in [5, 5.41) is 11.0.